The van der Waals surface area contributed by atoms with Crippen molar-refractivity contribution in [1.82, 2.24) is 19.8 Å². The lowest BCUT2D eigenvalue weighted by Crippen LogP contribution is -2.38. The topological polar surface area (TPSA) is 76.0 Å². The Morgan fingerprint density at radius 1 is 1.38 bits per heavy atom. The van der Waals surface area contributed by atoms with Crippen LogP contribution in [-0.4, -0.2) is 37.8 Å². The first-order valence-electron chi connectivity index (χ1n) is 7.56. The fourth-order valence-corrected chi connectivity index (χ4v) is 3.67. The smallest absolute Gasteiger partial charge is 0.243 e. The van der Waals surface area contributed by atoms with Gasteiger partial charge in [0, 0.05) is 6.54 Å². The van der Waals surface area contributed by atoms with E-state index in [1.165, 1.54) is 23.1 Å². The number of piperidine rings is 1. The predicted molar refractivity (Wildman–Crippen MR) is 91.6 cm³/mol. The lowest BCUT2D eigenvalue weighted by atomic mass is 10.0. The molecule has 1 aromatic heterocycles. The number of aromatic nitrogens is 2. The van der Waals surface area contributed by atoms with Crippen LogP contribution >= 0.6 is 12.4 Å². The van der Waals surface area contributed by atoms with Gasteiger partial charge in [-0.25, -0.2) is 22.2 Å². The second-order valence-electron chi connectivity index (χ2n) is 5.64. The molecule has 2 aromatic rings. The fraction of sp³-hybridized carbons (Fsp3) is 0.400. The van der Waals surface area contributed by atoms with Crippen molar-refractivity contribution >= 4 is 22.4 Å². The Morgan fingerprint density at radius 2 is 2.17 bits per heavy atom. The van der Waals surface area contributed by atoms with Crippen molar-refractivity contribution in [3.05, 3.63) is 42.5 Å². The van der Waals surface area contributed by atoms with Crippen molar-refractivity contribution in [2.24, 2.45) is 5.92 Å². The van der Waals surface area contributed by atoms with Gasteiger partial charge in [0.1, 0.15) is 16.4 Å². The molecule has 1 fully saturated rings. The third kappa shape index (κ3) is 4.32. The molecule has 132 valence electrons. The summed E-state index contributed by atoms with van der Waals surface area (Å²) in [6.45, 7) is 2.19. The molecule has 1 aliphatic heterocycles. The summed E-state index contributed by atoms with van der Waals surface area (Å²) in [5.41, 5.74) is 0.213. The molecule has 0 spiro atoms. The Hall–Kier alpha value is -1.48. The summed E-state index contributed by atoms with van der Waals surface area (Å²) in [5.74, 6) is -0.166. The second kappa shape index (κ2) is 8.06. The largest absolute Gasteiger partial charge is 0.316 e. The van der Waals surface area contributed by atoms with Crippen LogP contribution in [0, 0.1) is 11.7 Å². The summed E-state index contributed by atoms with van der Waals surface area (Å²) in [6, 6.07) is 6.09. The highest BCUT2D eigenvalue weighted by molar-refractivity contribution is 7.89. The van der Waals surface area contributed by atoms with Crippen LogP contribution < -0.4 is 10.0 Å². The summed E-state index contributed by atoms with van der Waals surface area (Å²) in [7, 11) is -3.64. The summed E-state index contributed by atoms with van der Waals surface area (Å²) >= 11 is 0. The quantitative estimate of drug-likeness (QED) is 0.835. The SMILES string of the molecule is Cl.O=S(=O)(NCC1CCCNC1)c1cnn(-c2ccccc2F)c1. The Morgan fingerprint density at radius 3 is 2.88 bits per heavy atom. The van der Waals surface area contributed by atoms with Crippen LogP contribution in [0.1, 0.15) is 12.8 Å². The van der Waals surface area contributed by atoms with Gasteiger partial charge >= 0.3 is 0 Å². The summed E-state index contributed by atoms with van der Waals surface area (Å²) in [5, 5.41) is 7.20. The van der Waals surface area contributed by atoms with Crippen LogP contribution in [0.4, 0.5) is 4.39 Å². The summed E-state index contributed by atoms with van der Waals surface area (Å²) < 4.78 is 42.2. The minimum absolute atomic E-state index is 0. The summed E-state index contributed by atoms with van der Waals surface area (Å²) in [6.07, 6.45) is 4.61. The molecule has 0 amide bonds. The van der Waals surface area contributed by atoms with E-state index in [0.29, 0.717) is 12.5 Å². The molecular formula is C15H20ClFN4O2S. The number of nitrogens with zero attached hydrogens (tertiary/aromatic N) is 2. The molecule has 1 unspecified atom stereocenters. The first-order chi connectivity index (χ1) is 11.1. The number of nitrogens with one attached hydrogen (secondary N) is 2. The first kappa shape index (κ1) is 18.9. The van der Waals surface area contributed by atoms with Gasteiger partial charge in [-0.1, -0.05) is 12.1 Å². The van der Waals surface area contributed by atoms with Crippen molar-refractivity contribution in [1.29, 1.82) is 0 Å². The van der Waals surface area contributed by atoms with E-state index >= 15 is 0 Å². The second-order valence-corrected chi connectivity index (χ2v) is 7.40. The molecule has 1 aliphatic rings. The van der Waals surface area contributed by atoms with E-state index in [0.717, 1.165) is 25.9 Å². The molecule has 0 aliphatic carbocycles. The van der Waals surface area contributed by atoms with Crippen LogP contribution in [0.2, 0.25) is 0 Å². The standard InChI is InChI=1S/C15H19FN4O2S.ClH/c16-14-5-1-2-6-15(14)20-11-13(10-18-20)23(21,22)19-9-12-4-3-7-17-8-12;/h1-2,5-6,10-12,17,19H,3-4,7-9H2;1H. The fourth-order valence-electron chi connectivity index (χ4n) is 2.62. The van der Waals surface area contributed by atoms with Crippen LogP contribution in [0.25, 0.3) is 5.69 Å². The van der Waals surface area contributed by atoms with Crippen LogP contribution in [-0.2, 0) is 10.0 Å². The lowest BCUT2D eigenvalue weighted by Gasteiger charge is -2.22. The number of hydrogen-bond acceptors (Lipinski definition) is 4. The van der Waals surface area contributed by atoms with Gasteiger partial charge < -0.3 is 5.32 Å². The molecule has 9 heteroatoms. The van der Waals surface area contributed by atoms with Crippen LogP contribution in [0.3, 0.4) is 0 Å². The Kier molecular flexibility index (Phi) is 6.34. The van der Waals surface area contributed by atoms with Crippen molar-refractivity contribution in [2.45, 2.75) is 17.7 Å². The molecular weight excluding hydrogens is 355 g/mol. The highest BCUT2D eigenvalue weighted by atomic mass is 35.5. The molecule has 2 heterocycles. The van der Waals surface area contributed by atoms with E-state index in [-0.39, 0.29) is 23.0 Å². The van der Waals surface area contributed by atoms with E-state index in [9.17, 15) is 12.8 Å². The van der Waals surface area contributed by atoms with E-state index < -0.39 is 15.8 Å². The Balaban J connectivity index is 0.00000208. The molecule has 0 bridgehead atoms. The molecule has 1 aromatic carbocycles. The minimum atomic E-state index is -3.64. The van der Waals surface area contributed by atoms with Gasteiger partial charge in [0.15, 0.2) is 0 Å². The average Bonchev–Trinajstić information content (AvgIpc) is 3.05. The lowest BCUT2D eigenvalue weighted by molar-refractivity contribution is 0.376. The first-order valence-corrected chi connectivity index (χ1v) is 9.04. The maximum Gasteiger partial charge on any atom is 0.243 e. The number of para-hydroxylation sites is 1. The van der Waals surface area contributed by atoms with Gasteiger partial charge in [0.2, 0.25) is 10.0 Å². The van der Waals surface area contributed by atoms with Crippen molar-refractivity contribution in [2.75, 3.05) is 19.6 Å². The number of hydrogen-bond donors (Lipinski definition) is 2. The number of sulfonamides is 1. The zero-order valence-corrected chi connectivity index (χ0v) is 14.6. The highest BCUT2D eigenvalue weighted by Crippen LogP contribution is 2.16. The average molecular weight is 375 g/mol. The van der Waals surface area contributed by atoms with Crippen molar-refractivity contribution in [3.8, 4) is 5.69 Å². The maximum atomic E-state index is 13.7. The molecule has 6 nitrogen and oxygen atoms in total. The maximum absolute atomic E-state index is 13.7. The summed E-state index contributed by atoms with van der Waals surface area (Å²) in [4.78, 5) is 0.0320. The molecule has 1 saturated heterocycles. The molecule has 1 atom stereocenters. The van der Waals surface area contributed by atoms with E-state index in [4.69, 9.17) is 0 Å². The number of benzene rings is 1. The van der Waals surface area contributed by atoms with E-state index in [2.05, 4.69) is 15.1 Å². The molecule has 3 rings (SSSR count). The molecule has 24 heavy (non-hydrogen) atoms. The Labute approximate surface area is 146 Å². The highest BCUT2D eigenvalue weighted by Gasteiger charge is 2.20. The zero-order valence-electron chi connectivity index (χ0n) is 13.0. The van der Waals surface area contributed by atoms with Gasteiger partial charge in [-0.15, -0.1) is 12.4 Å². The van der Waals surface area contributed by atoms with Gasteiger partial charge in [-0.3, -0.25) is 0 Å². The predicted octanol–water partition coefficient (Wildman–Crippen LogP) is 1.71. The number of halogens is 2. The van der Waals surface area contributed by atoms with E-state index in [1.807, 2.05) is 0 Å². The van der Waals surface area contributed by atoms with Gasteiger partial charge in [0.05, 0.1) is 12.4 Å². The van der Waals surface area contributed by atoms with Crippen LogP contribution in [0.5, 0.6) is 0 Å². The monoisotopic (exact) mass is 374 g/mol. The molecule has 2 N–H and O–H groups in total. The third-order valence-electron chi connectivity index (χ3n) is 3.93. The van der Waals surface area contributed by atoms with E-state index in [1.54, 1.807) is 18.2 Å². The van der Waals surface area contributed by atoms with Crippen molar-refractivity contribution < 1.29 is 12.8 Å². The zero-order chi connectivity index (χ0) is 16.3. The van der Waals surface area contributed by atoms with Gasteiger partial charge in [0.25, 0.3) is 0 Å². The van der Waals surface area contributed by atoms with Crippen LogP contribution in [0.15, 0.2) is 41.6 Å². The minimum Gasteiger partial charge on any atom is -0.316 e. The number of rotatable bonds is 5. The van der Waals surface area contributed by atoms with Gasteiger partial charge in [-0.05, 0) is 44.0 Å². The van der Waals surface area contributed by atoms with Gasteiger partial charge in [-0.2, -0.15) is 5.10 Å². The normalized spacial score (nSPS) is 18.1. The third-order valence-corrected chi connectivity index (χ3v) is 5.31. The Bertz CT molecular complexity index is 775. The molecule has 0 radical (unpaired) electrons. The molecule has 0 saturated carbocycles. The van der Waals surface area contributed by atoms with Crippen molar-refractivity contribution in [3.63, 3.8) is 0 Å².